The van der Waals surface area contributed by atoms with Gasteiger partial charge in [-0.3, -0.25) is 9.78 Å². The fourth-order valence-electron chi connectivity index (χ4n) is 3.63. The fraction of sp³-hybridized carbons (Fsp3) is 0.409. The molecule has 0 unspecified atom stereocenters. The van der Waals surface area contributed by atoms with Crippen LogP contribution in [0.5, 0.6) is 0 Å². The predicted molar refractivity (Wildman–Crippen MR) is 121 cm³/mol. The molecule has 0 saturated carbocycles. The normalized spacial score (nSPS) is 17.2. The van der Waals surface area contributed by atoms with Crippen LogP contribution in [-0.2, 0) is 10.0 Å². The SMILES string of the molecule is Cc1cc(C#N)ccc1S(=O)(=O)N1CCN(C(=O)c2ccc(C(C)C)nc2)[C@@H](C)C1.Cl. The number of aromatic nitrogens is 1. The van der Waals surface area contributed by atoms with E-state index in [-0.39, 0.29) is 48.3 Å². The molecule has 166 valence electrons. The quantitative estimate of drug-likeness (QED) is 0.694. The fourth-order valence-corrected chi connectivity index (χ4v) is 5.35. The number of sulfonamides is 1. The van der Waals surface area contributed by atoms with E-state index in [2.05, 4.69) is 4.98 Å². The molecule has 9 heteroatoms. The molecule has 1 aliphatic rings. The van der Waals surface area contributed by atoms with E-state index in [9.17, 15) is 13.2 Å². The number of aryl methyl sites for hydroxylation is 1. The van der Waals surface area contributed by atoms with Crippen LogP contribution < -0.4 is 0 Å². The van der Waals surface area contributed by atoms with E-state index in [0.29, 0.717) is 23.2 Å². The lowest BCUT2D eigenvalue weighted by Crippen LogP contribution is -2.55. The zero-order chi connectivity index (χ0) is 22.1. The molecule has 1 atom stereocenters. The van der Waals surface area contributed by atoms with Crippen molar-refractivity contribution in [1.82, 2.24) is 14.2 Å². The molecule has 0 N–H and O–H groups in total. The molecule has 0 bridgehead atoms. The van der Waals surface area contributed by atoms with Crippen LogP contribution in [0.2, 0.25) is 0 Å². The number of amides is 1. The van der Waals surface area contributed by atoms with Gasteiger partial charge in [-0.1, -0.05) is 13.8 Å². The van der Waals surface area contributed by atoms with Gasteiger partial charge in [0.25, 0.3) is 5.91 Å². The van der Waals surface area contributed by atoms with E-state index < -0.39 is 10.0 Å². The third kappa shape index (κ3) is 5.06. The lowest BCUT2D eigenvalue weighted by molar-refractivity contribution is 0.0591. The Labute approximate surface area is 190 Å². The minimum Gasteiger partial charge on any atom is -0.333 e. The zero-order valence-electron chi connectivity index (χ0n) is 18.1. The first kappa shape index (κ1) is 24.8. The topological polar surface area (TPSA) is 94.4 Å². The molecule has 1 amide bonds. The Hall–Kier alpha value is -2.47. The van der Waals surface area contributed by atoms with Crippen molar-refractivity contribution < 1.29 is 13.2 Å². The largest absolute Gasteiger partial charge is 0.333 e. The van der Waals surface area contributed by atoms with Crippen molar-refractivity contribution in [1.29, 1.82) is 5.26 Å². The van der Waals surface area contributed by atoms with E-state index in [4.69, 9.17) is 5.26 Å². The third-order valence-electron chi connectivity index (χ3n) is 5.40. The van der Waals surface area contributed by atoms with Gasteiger partial charge in [0.05, 0.1) is 22.1 Å². The Morgan fingerprint density at radius 2 is 1.94 bits per heavy atom. The summed E-state index contributed by atoms with van der Waals surface area (Å²) in [6.07, 6.45) is 1.59. The van der Waals surface area contributed by atoms with E-state index in [1.165, 1.54) is 16.4 Å². The van der Waals surface area contributed by atoms with Crippen molar-refractivity contribution in [2.75, 3.05) is 19.6 Å². The number of pyridine rings is 1. The van der Waals surface area contributed by atoms with Gasteiger partial charge in [-0.25, -0.2) is 8.42 Å². The number of nitriles is 1. The number of carbonyl (C=O) groups is 1. The molecule has 0 aliphatic carbocycles. The van der Waals surface area contributed by atoms with Crippen LogP contribution in [0.3, 0.4) is 0 Å². The minimum absolute atomic E-state index is 0. The summed E-state index contributed by atoms with van der Waals surface area (Å²) in [7, 11) is -3.71. The number of carbonyl (C=O) groups excluding carboxylic acids is 1. The first-order valence-electron chi connectivity index (χ1n) is 9.93. The van der Waals surface area contributed by atoms with Gasteiger partial charge >= 0.3 is 0 Å². The molecule has 2 aromatic rings. The molecule has 1 aromatic heterocycles. The number of hydrogen-bond donors (Lipinski definition) is 0. The average Bonchev–Trinajstić information content (AvgIpc) is 2.72. The van der Waals surface area contributed by atoms with E-state index in [1.54, 1.807) is 30.2 Å². The van der Waals surface area contributed by atoms with Gasteiger partial charge in [-0.15, -0.1) is 12.4 Å². The van der Waals surface area contributed by atoms with Crippen LogP contribution in [-0.4, -0.2) is 54.2 Å². The van der Waals surface area contributed by atoms with Crippen LogP contribution in [0.4, 0.5) is 0 Å². The molecule has 31 heavy (non-hydrogen) atoms. The molecule has 1 saturated heterocycles. The van der Waals surface area contributed by atoms with Crippen molar-refractivity contribution in [2.45, 2.75) is 44.6 Å². The highest BCUT2D eigenvalue weighted by atomic mass is 35.5. The first-order valence-corrected chi connectivity index (χ1v) is 11.4. The second-order valence-electron chi connectivity index (χ2n) is 7.93. The number of rotatable bonds is 4. The molecular formula is C22H27ClN4O3S. The van der Waals surface area contributed by atoms with Crippen molar-refractivity contribution >= 4 is 28.3 Å². The molecule has 3 rings (SSSR count). The minimum atomic E-state index is -3.71. The summed E-state index contributed by atoms with van der Waals surface area (Å²) in [5.74, 6) is 0.143. The van der Waals surface area contributed by atoms with Crippen LogP contribution in [0, 0.1) is 18.3 Å². The average molecular weight is 463 g/mol. The van der Waals surface area contributed by atoms with Crippen molar-refractivity contribution in [3.63, 3.8) is 0 Å². The summed E-state index contributed by atoms with van der Waals surface area (Å²) in [4.78, 5) is 19.2. The summed E-state index contributed by atoms with van der Waals surface area (Å²) in [6, 6.07) is 9.95. The second kappa shape index (κ2) is 9.77. The molecule has 1 aliphatic heterocycles. The maximum atomic E-state index is 13.1. The van der Waals surface area contributed by atoms with Crippen LogP contribution in [0.1, 0.15) is 53.9 Å². The smallest absolute Gasteiger partial charge is 0.255 e. The highest BCUT2D eigenvalue weighted by molar-refractivity contribution is 7.89. The molecule has 0 radical (unpaired) electrons. The van der Waals surface area contributed by atoms with Crippen LogP contribution >= 0.6 is 12.4 Å². The first-order chi connectivity index (χ1) is 14.1. The van der Waals surface area contributed by atoms with Crippen molar-refractivity contribution in [2.24, 2.45) is 0 Å². The lowest BCUT2D eigenvalue weighted by atomic mass is 10.1. The molecule has 1 aromatic carbocycles. The Balaban J connectivity index is 0.00000341. The summed E-state index contributed by atoms with van der Waals surface area (Å²) >= 11 is 0. The number of piperazine rings is 1. The number of hydrogen-bond acceptors (Lipinski definition) is 5. The van der Waals surface area contributed by atoms with Crippen LogP contribution in [0.25, 0.3) is 0 Å². The second-order valence-corrected chi connectivity index (χ2v) is 9.84. The summed E-state index contributed by atoms with van der Waals surface area (Å²) in [5.41, 5.74) is 2.39. The summed E-state index contributed by atoms with van der Waals surface area (Å²) in [5, 5.41) is 9.00. The van der Waals surface area contributed by atoms with Gasteiger partial charge in [0.1, 0.15) is 0 Å². The van der Waals surface area contributed by atoms with Gasteiger partial charge in [0.15, 0.2) is 0 Å². The Bertz CT molecular complexity index is 1090. The molecule has 0 spiro atoms. The Kier molecular flexibility index (Phi) is 7.82. The number of benzene rings is 1. The standard InChI is InChI=1S/C22H26N4O3S.ClH/c1-15(2)20-7-6-19(13-24-20)22(27)26-10-9-25(14-17(26)4)30(28,29)21-8-5-18(12-23)11-16(21)3;/h5-8,11,13,15,17H,9-10,14H2,1-4H3;1H/t17-;/m0./s1. The van der Waals surface area contributed by atoms with Gasteiger partial charge in [-0.2, -0.15) is 9.57 Å². The van der Waals surface area contributed by atoms with Gasteiger partial charge < -0.3 is 4.90 Å². The van der Waals surface area contributed by atoms with Gasteiger partial charge in [0.2, 0.25) is 10.0 Å². The van der Waals surface area contributed by atoms with Gasteiger partial charge in [0, 0.05) is 37.6 Å². The highest BCUT2D eigenvalue weighted by Gasteiger charge is 2.35. The molecule has 2 heterocycles. The maximum Gasteiger partial charge on any atom is 0.255 e. The summed E-state index contributed by atoms with van der Waals surface area (Å²) < 4.78 is 27.7. The van der Waals surface area contributed by atoms with Crippen molar-refractivity contribution in [3.8, 4) is 6.07 Å². The number of nitrogens with zero attached hydrogens (tertiary/aromatic N) is 4. The lowest BCUT2D eigenvalue weighted by Gasteiger charge is -2.39. The van der Waals surface area contributed by atoms with Gasteiger partial charge in [-0.05, 0) is 55.7 Å². The van der Waals surface area contributed by atoms with E-state index in [0.717, 1.165) is 5.69 Å². The Morgan fingerprint density at radius 1 is 1.23 bits per heavy atom. The van der Waals surface area contributed by atoms with Crippen LogP contribution in [0.15, 0.2) is 41.4 Å². The third-order valence-corrected chi connectivity index (χ3v) is 7.42. The highest BCUT2D eigenvalue weighted by Crippen LogP contribution is 2.24. The zero-order valence-corrected chi connectivity index (χ0v) is 19.7. The molecule has 1 fully saturated rings. The van der Waals surface area contributed by atoms with E-state index >= 15 is 0 Å². The molecule has 7 nitrogen and oxygen atoms in total. The van der Waals surface area contributed by atoms with E-state index in [1.807, 2.05) is 32.9 Å². The predicted octanol–water partition coefficient (Wildman–Crippen LogP) is 3.34. The maximum absolute atomic E-state index is 13.1. The Morgan fingerprint density at radius 3 is 2.45 bits per heavy atom. The number of halogens is 1. The summed E-state index contributed by atoms with van der Waals surface area (Å²) in [6.45, 7) is 8.36. The molecular weight excluding hydrogens is 436 g/mol. The van der Waals surface area contributed by atoms with Crippen molar-refractivity contribution in [3.05, 3.63) is 58.9 Å². The monoisotopic (exact) mass is 462 g/mol.